The first-order valence-electron chi connectivity index (χ1n) is 11.1. The zero-order valence-electron chi connectivity index (χ0n) is 20.1. The summed E-state index contributed by atoms with van der Waals surface area (Å²) in [5.41, 5.74) is 2.43. The number of sulfonamides is 1. The summed E-state index contributed by atoms with van der Waals surface area (Å²) in [6.07, 6.45) is 1.63. The standard InChI is InChI=1S/C25H35N3O4S/c1-19(2)17-26-25(30)21(4)27(16-15-22-9-7-6-8-10-22)24(29)18-28(33(5,31)32)23-13-11-20(3)12-14-23/h6-14,19,21H,15-18H2,1-5H3,(H,26,30). The van der Waals surface area contributed by atoms with Gasteiger partial charge in [-0.05, 0) is 43.9 Å². The lowest BCUT2D eigenvalue weighted by Gasteiger charge is -2.31. The van der Waals surface area contributed by atoms with Gasteiger partial charge in [0.05, 0.1) is 11.9 Å². The first-order chi connectivity index (χ1) is 15.5. The zero-order valence-corrected chi connectivity index (χ0v) is 20.9. The number of rotatable bonds is 11. The minimum atomic E-state index is -3.71. The quantitative estimate of drug-likeness (QED) is 0.544. The van der Waals surface area contributed by atoms with Gasteiger partial charge in [0.1, 0.15) is 12.6 Å². The Kier molecular flexibility index (Phi) is 9.46. The molecule has 0 saturated heterocycles. The van der Waals surface area contributed by atoms with Gasteiger partial charge in [-0.25, -0.2) is 8.42 Å². The Morgan fingerprint density at radius 1 is 0.970 bits per heavy atom. The number of hydrogen-bond acceptors (Lipinski definition) is 4. The van der Waals surface area contributed by atoms with Gasteiger partial charge in [0.2, 0.25) is 21.8 Å². The summed E-state index contributed by atoms with van der Waals surface area (Å²) in [6.45, 7) is 7.99. The normalized spacial score (nSPS) is 12.3. The molecule has 0 aromatic heterocycles. The van der Waals surface area contributed by atoms with Crippen molar-refractivity contribution in [1.82, 2.24) is 10.2 Å². The third-order valence-corrected chi connectivity index (χ3v) is 6.48. The van der Waals surface area contributed by atoms with Crippen molar-refractivity contribution in [2.45, 2.75) is 40.2 Å². The van der Waals surface area contributed by atoms with Crippen molar-refractivity contribution < 1.29 is 18.0 Å². The molecule has 0 aliphatic carbocycles. The summed E-state index contributed by atoms with van der Waals surface area (Å²) in [7, 11) is -3.71. The lowest BCUT2D eigenvalue weighted by Crippen LogP contribution is -2.52. The van der Waals surface area contributed by atoms with Gasteiger partial charge < -0.3 is 10.2 Å². The monoisotopic (exact) mass is 473 g/mol. The number of carbonyl (C=O) groups excluding carboxylic acids is 2. The number of nitrogens with one attached hydrogen (secondary N) is 1. The highest BCUT2D eigenvalue weighted by Crippen LogP contribution is 2.19. The number of benzene rings is 2. The van der Waals surface area contributed by atoms with Crippen LogP contribution in [0.3, 0.4) is 0 Å². The Morgan fingerprint density at radius 2 is 1.58 bits per heavy atom. The van der Waals surface area contributed by atoms with E-state index in [0.29, 0.717) is 25.2 Å². The van der Waals surface area contributed by atoms with Gasteiger partial charge in [-0.3, -0.25) is 13.9 Å². The summed E-state index contributed by atoms with van der Waals surface area (Å²) in [5.74, 6) is -0.410. The van der Waals surface area contributed by atoms with Crippen LogP contribution in [0.1, 0.15) is 31.9 Å². The van der Waals surface area contributed by atoms with Gasteiger partial charge in [-0.1, -0.05) is 61.9 Å². The minimum absolute atomic E-state index is 0.258. The van der Waals surface area contributed by atoms with Crippen molar-refractivity contribution in [1.29, 1.82) is 0 Å². The molecule has 1 unspecified atom stereocenters. The van der Waals surface area contributed by atoms with Crippen LogP contribution in [-0.4, -0.2) is 57.1 Å². The highest BCUT2D eigenvalue weighted by Gasteiger charge is 2.29. The van der Waals surface area contributed by atoms with Crippen LogP contribution in [0.5, 0.6) is 0 Å². The van der Waals surface area contributed by atoms with Gasteiger partial charge in [-0.2, -0.15) is 0 Å². The maximum Gasteiger partial charge on any atom is 0.244 e. The van der Waals surface area contributed by atoms with Gasteiger partial charge >= 0.3 is 0 Å². The van der Waals surface area contributed by atoms with Crippen molar-refractivity contribution in [3.8, 4) is 0 Å². The van der Waals surface area contributed by atoms with Gasteiger partial charge in [0.15, 0.2) is 0 Å². The third kappa shape index (κ3) is 8.20. The van der Waals surface area contributed by atoms with E-state index in [2.05, 4.69) is 5.32 Å². The highest BCUT2D eigenvalue weighted by molar-refractivity contribution is 7.92. The Hall–Kier alpha value is -2.87. The predicted molar refractivity (Wildman–Crippen MR) is 133 cm³/mol. The maximum absolute atomic E-state index is 13.4. The molecule has 0 fully saturated rings. The van der Waals surface area contributed by atoms with Gasteiger partial charge in [0.25, 0.3) is 0 Å². The topological polar surface area (TPSA) is 86.8 Å². The summed E-state index contributed by atoms with van der Waals surface area (Å²) in [4.78, 5) is 27.6. The van der Waals surface area contributed by atoms with E-state index in [1.165, 1.54) is 4.90 Å². The second-order valence-corrected chi connectivity index (χ2v) is 10.6. The molecule has 1 N–H and O–H groups in total. The van der Waals surface area contributed by atoms with Crippen molar-refractivity contribution >= 4 is 27.5 Å². The molecule has 2 amide bonds. The van der Waals surface area contributed by atoms with Crippen LogP contribution in [-0.2, 0) is 26.0 Å². The van der Waals surface area contributed by atoms with E-state index in [-0.39, 0.29) is 18.4 Å². The summed E-state index contributed by atoms with van der Waals surface area (Å²) < 4.78 is 26.1. The Morgan fingerprint density at radius 3 is 2.12 bits per heavy atom. The SMILES string of the molecule is Cc1ccc(N(CC(=O)N(CCc2ccccc2)C(C)C(=O)NCC(C)C)S(C)(=O)=O)cc1. The molecular weight excluding hydrogens is 438 g/mol. The fourth-order valence-corrected chi connectivity index (χ4v) is 4.20. The molecule has 0 bridgehead atoms. The van der Waals surface area contributed by atoms with Crippen molar-refractivity contribution in [3.63, 3.8) is 0 Å². The minimum Gasteiger partial charge on any atom is -0.354 e. The van der Waals surface area contributed by atoms with Crippen LogP contribution in [0.15, 0.2) is 54.6 Å². The Bertz CT molecular complexity index is 1020. The van der Waals surface area contributed by atoms with E-state index in [9.17, 15) is 18.0 Å². The Labute approximate surface area is 197 Å². The molecule has 0 heterocycles. The van der Waals surface area contributed by atoms with E-state index in [1.54, 1.807) is 31.2 Å². The molecule has 2 aromatic rings. The maximum atomic E-state index is 13.4. The molecule has 0 saturated carbocycles. The average Bonchev–Trinajstić information content (AvgIpc) is 2.76. The van der Waals surface area contributed by atoms with E-state index in [4.69, 9.17) is 0 Å². The lowest BCUT2D eigenvalue weighted by atomic mass is 10.1. The molecule has 0 aliphatic heterocycles. The molecule has 33 heavy (non-hydrogen) atoms. The first-order valence-corrected chi connectivity index (χ1v) is 13.0. The largest absolute Gasteiger partial charge is 0.354 e. The van der Waals surface area contributed by atoms with Gasteiger partial charge in [0, 0.05) is 13.1 Å². The number of hydrogen-bond donors (Lipinski definition) is 1. The van der Waals surface area contributed by atoms with Crippen LogP contribution in [0, 0.1) is 12.8 Å². The lowest BCUT2D eigenvalue weighted by molar-refractivity contribution is -0.138. The van der Waals surface area contributed by atoms with E-state index >= 15 is 0 Å². The fourth-order valence-electron chi connectivity index (χ4n) is 3.35. The van der Waals surface area contributed by atoms with E-state index < -0.39 is 22.0 Å². The van der Waals surface area contributed by atoms with Crippen LogP contribution < -0.4 is 9.62 Å². The number of anilines is 1. The molecule has 8 heteroatoms. The van der Waals surface area contributed by atoms with Crippen molar-refractivity contribution in [3.05, 3.63) is 65.7 Å². The number of amides is 2. The molecule has 1 atom stereocenters. The third-order valence-electron chi connectivity index (χ3n) is 5.34. The second kappa shape index (κ2) is 11.8. The molecule has 2 rings (SSSR count). The van der Waals surface area contributed by atoms with Gasteiger partial charge in [-0.15, -0.1) is 0 Å². The van der Waals surface area contributed by atoms with Crippen LogP contribution in [0.4, 0.5) is 5.69 Å². The molecule has 180 valence electrons. The summed E-state index contributed by atoms with van der Waals surface area (Å²) in [6, 6.07) is 15.9. The molecule has 0 aliphatic rings. The number of carbonyl (C=O) groups is 2. The Balaban J connectivity index is 2.27. The predicted octanol–water partition coefficient (Wildman–Crippen LogP) is 2.99. The number of nitrogens with zero attached hydrogens (tertiary/aromatic N) is 2. The van der Waals surface area contributed by atoms with Crippen LogP contribution >= 0.6 is 0 Å². The molecule has 2 aromatic carbocycles. The first kappa shape index (κ1) is 26.4. The van der Waals surface area contributed by atoms with E-state index in [0.717, 1.165) is 21.7 Å². The smallest absolute Gasteiger partial charge is 0.244 e. The second-order valence-electron chi connectivity index (χ2n) is 8.74. The van der Waals surface area contributed by atoms with Crippen molar-refractivity contribution in [2.24, 2.45) is 5.92 Å². The molecule has 0 spiro atoms. The average molecular weight is 474 g/mol. The summed E-state index contributed by atoms with van der Waals surface area (Å²) in [5, 5.41) is 2.87. The molecular formula is C25H35N3O4S. The molecule has 0 radical (unpaired) electrons. The highest BCUT2D eigenvalue weighted by atomic mass is 32.2. The fraction of sp³-hybridized carbons (Fsp3) is 0.440. The zero-order chi connectivity index (χ0) is 24.6. The number of aryl methyl sites for hydroxylation is 1. The van der Waals surface area contributed by atoms with Crippen LogP contribution in [0.25, 0.3) is 0 Å². The van der Waals surface area contributed by atoms with E-state index in [1.807, 2.05) is 51.1 Å². The van der Waals surface area contributed by atoms with Crippen molar-refractivity contribution in [2.75, 3.05) is 30.2 Å². The van der Waals surface area contributed by atoms with Crippen LogP contribution in [0.2, 0.25) is 0 Å². The molecule has 7 nitrogen and oxygen atoms in total. The summed E-state index contributed by atoms with van der Waals surface area (Å²) >= 11 is 0.